The SMILES string of the molecule is CCCCCC(O)C#CC(=O)N1Cc2ccccc2Oc2ccc(Cl)cc21. The van der Waals surface area contributed by atoms with E-state index < -0.39 is 12.0 Å². The molecule has 1 N–H and O–H groups in total. The molecule has 0 aromatic heterocycles. The van der Waals surface area contributed by atoms with E-state index in [1.54, 1.807) is 23.1 Å². The van der Waals surface area contributed by atoms with Crippen molar-refractivity contribution in [2.24, 2.45) is 0 Å². The summed E-state index contributed by atoms with van der Waals surface area (Å²) < 4.78 is 5.98. The molecule has 1 atom stereocenters. The van der Waals surface area contributed by atoms with Gasteiger partial charge in [0, 0.05) is 10.6 Å². The Morgan fingerprint density at radius 1 is 1.26 bits per heavy atom. The van der Waals surface area contributed by atoms with E-state index in [2.05, 4.69) is 18.8 Å². The van der Waals surface area contributed by atoms with E-state index in [9.17, 15) is 9.90 Å². The minimum atomic E-state index is -0.796. The van der Waals surface area contributed by atoms with Gasteiger partial charge in [-0.2, -0.15) is 0 Å². The monoisotopic (exact) mass is 383 g/mol. The molecule has 3 rings (SSSR count). The Kier molecular flexibility index (Phi) is 6.39. The molecule has 0 radical (unpaired) electrons. The summed E-state index contributed by atoms with van der Waals surface area (Å²) in [6.07, 6.45) is 2.78. The highest BCUT2D eigenvalue weighted by Gasteiger charge is 2.24. The number of amides is 1. The molecule has 2 aromatic carbocycles. The van der Waals surface area contributed by atoms with Crippen LogP contribution in [-0.2, 0) is 11.3 Å². The first-order valence-electron chi connectivity index (χ1n) is 9.15. The van der Waals surface area contributed by atoms with Crippen LogP contribution in [-0.4, -0.2) is 17.1 Å². The Labute approximate surface area is 164 Å². The van der Waals surface area contributed by atoms with E-state index in [1.165, 1.54) is 0 Å². The van der Waals surface area contributed by atoms with Crippen molar-refractivity contribution in [2.75, 3.05) is 4.90 Å². The van der Waals surface area contributed by atoms with Crippen LogP contribution in [0.2, 0.25) is 5.02 Å². The molecule has 0 saturated carbocycles. The van der Waals surface area contributed by atoms with Gasteiger partial charge in [-0.1, -0.05) is 55.5 Å². The first-order chi connectivity index (χ1) is 13.1. The third kappa shape index (κ3) is 4.82. The topological polar surface area (TPSA) is 49.8 Å². The minimum Gasteiger partial charge on any atom is -0.455 e. The number of aliphatic hydroxyl groups is 1. The van der Waals surface area contributed by atoms with Crippen LogP contribution in [0.1, 0.15) is 38.2 Å². The number of carbonyl (C=O) groups is 1. The van der Waals surface area contributed by atoms with Crippen LogP contribution in [0.15, 0.2) is 42.5 Å². The molecule has 27 heavy (non-hydrogen) atoms. The number of aliphatic hydroxyl groups excluding tert-OH is 1. The number of hydrogen-bond acceptors (Lipinski definition) is 3. The number of anilines is 1. The molecule has 0 aliphatic carbocycles. The number of halogens is 1. The molecule has 0 fully saturated rings. The summed E-state index contributed by atoms with van der Waals surface area (Å²) in [5.74, 6) is 6.10. The highest BCUT2D eigenvalue weighted by molar-refractivity contribution is 6.31. The molecule has 0 bridgehead atoms. The highest BCUT2D eigenvalue weighted by atomic mass is 35.5. The molecule has 5 heteroatoms. The van der Waals surface area contributed by atoms with Gasteiger partial charge in [-0.15, -0.1) is 0 Å². The van der Waals surface area contributed by atoms with E-state index in [0.717, 1.165) is 24.8 Å². The average Bonchev–Trinajstić information content (AvgIpc) is 2.83. The molecular formula is C22H22ClNO3. The van der Waals surface area contributed by atoms with Crippen LogP contribution in [0.25, 0.3) is 0 Å². The van der Waals surface area contributed by atoms with E-state index in [4.69, 9.17) is 16.3 Å². The van der Waals surface area contributed by atoms with E-state index in [0.29, 0.717) is 35.2 Å². The third-order valence-electron chi connectivity index (χ3n) is 4.40. The van der Waals surface area contributed by atoms with Crippen molar-refractivity contribution < 1.29 is 14.6 Å². The van der Waals surface area contributed by atoms with Gasteiger partial charge in [0.2, 0.25) is 0 Å². The highest BCUT2D eigenvalue weighted by Crippen LogP contribution is 2.40. The fraction of sp³-hybridized carbons (Fsp3) is 0.318. The van der Waals surface area contributed by atoms with Crippen molar-refractivity contribution in [2.45, 2.75) is 45.3 Å². The number of fused-ring (bicyclic) bond motifs is 2. The van der Waals surface area contributed by atoms with Gasteiger partial charge in [-0.05, 0) is 43.0 Å². The molecular weight excluding hydrogens is 362 g/mol. The summed E-state index contributed by atoms with van der Waals surface area (Å²) in [4.78, 5) is 14.4. The third-order valence-corrected chi connectivity index (χ3v) is 4.64. The lowest BCUT2D eigenvalue weighted by molar-refractivity contribution is -0.113. The number of benzene rings is 2. The lowest BCUT2D eigenvalue weighted by Gasteiger charge is -2.19. The summed E-state index contributed by atoms with van der Waals surface area (Å²) in [6, 6.07) is 12.7. The van der Waals surface area contributed by atoms with Gasteiger partial charge in [0.15, 0.2) is 5.75 Å². The van der Waals surface area contributed by atoms with Crippen LogP contribution in [0.4, 0.5) is 5.69 Å². The largest absolute Gasteiger partial charge is 0.455 e. The van der Waals surface area contributed by atoms with Gasteiger partial charge in [0.05, 0.1) is 12.2 Å². The quantitative estimate of drug-likeness (QED) is 0.602. The Balaban J connectivity index is 1.87. The maximum atomic E-state index is 12.8. The second kappa shape index (κ2) is 8.94. The summed E-state index contributed by atoms with van der Waals surface area (Å²) >= 11 is 6.14. The van der Waals surface area contributed by atoms with Gasteiger partial charge in [-0.3, -0.25) is 9.69 Å². The van der Waals surface area contributed by atoms with Gasteiger partial charge in [0.1, 0.15) is 11.9 Å². The van der Waals surface area contributed by atoms with Crippen LogP contribution in [0.3, 0.4) is 0 Å². The molecule has 0 saturated heterocycles. The van der Waals surface area contributed by atoms with Crippen LogP contribution in [0.5, 0.6) is 11.5 Å². The fourth-order valence-electron chi connectivity index (χ4n) is 2.95. The summed E-state index contributed by atoms with van der Waals surface area (Å²) in [6.45, 7) is 2.42. The molecule has 1 amide bonds. The normalized spacial score (nSPS) is 13.4. The van der Waals surface area contributed by atoms with Crippen LogP contribution < -0.4 is 9.64 Å². The van der Waals surface area contributed by atoms with Crippen molar-refractivity contribution >= 4 is 23.2 Å². The minimum absolute atomic E-state index is 0.322. The van der Waals surface area contributed by atoms with Gasteiger partial charge in [0.25, 0.3) is 0 Å². The van der Waals surface area contributed by atoms with Crippen molar-refractivity contribution in [1.82, 2.24) is 0 Å². The molecule has 2 aromatic rings. The van der Waals surface area contributed by atoms with E-state index in [1.807, 2.05) is 24.3 Å². The maximum absolute atomic E-state index is 12.8. The molecule has 140 valence electrons. The summed E-state index contributed by atoms with van der Waals surface area (Å²) in [7, 11) is 0. The predicted molar refractivity (Wildman–Crippen MR) is 107 cm³/mol. The van der Waals surface area contributed by atoms with Crippen molar-refractivity contribution in [3.63, 3.8) is 0 Å². The zero-order valence-electron chi connectivity index (χ0n) is 15.2. The second-order valence-electron chi connectivity index (χ2n) is 6.49. The van der Waals surface area contributed by atoms with Crippen molar-refractivity contribution in [3.05, 3.63) is 53.1 Å². The molecule has 1 heterocycles. The molecule has 1 aliphatic rings. The first-order valence-corrected chi connectivity index (χ1v) is 9.52. The van der Waals surface area contributed by atoms with Crippen molar-refractivity contribution in [3.8, 4) is 23.3 Å². The molecule has 1 unspecified atom stereocenters. The number of nitrogens with zero attached hydrogens (tertiary/aromatic N) is 1. The zero-order valence-corrected chi connectivity index (χ0v) is 16.0. The maximum Gasteiger partial charge on any atom is 0.303 e. The first kappa shape index (κ1) is 19.3. The Hall–Kier alpha value is -2.48. The number of rotatable bonds is 4. The zero-order chi connectivity index (χ0) is 19.2. The molecule has 1 aliphatic heterocycles. The Morgan fingerprint density at radius 3 is 2.89 bits per heavy atom. The standard InChI is InChI=1S/C22H22ClNO3/c1-2-3-4-8-18(25)11-13-22(26)24-15-16-7-5-6-9-20(16)27-21-12-10-17(23)14-19(21)24/h5-7,9-10,12,14,18,25H,2-4,8,15H2,1H3. The van der Waals surface area contributed by atoms with E-state index >= 15 is 0 Å². The number of unbranched alkanes of at least 4 members (excludes halogenated alkanes) is 2. The Morgan fingerprint density at radius 2 is 2.07 bits per heavy atom. The summed E-state index contributed by atoms with van der Waals surface area (Å²) in [5.41, 5.74) is 1.45. The smallest absolute Gasteiger partial charge is 0.303 e. The van der Waals surface area contributed by atoms with E-state index in [-0.39, 0.29) is 0 Å². The number of carbonyl (C=O) groups excluding carboxylic acids is 1. The Bertz CT molecular complexity index is 885. The number of ether oxygens (including phenoxy) is 1. The second-order valence-corrected chi connectivity index (χ2v) is 6.93. The van der Waals surface area contributed by atoms with Crippen LogP contribution >= 0.6 is 11.6 Å². The van der Waals surface area contributed by atoms with Crippen LogP contribution in [0, 0.1) is 11.8 Å². The fourth-order valence-corrected chi connectivity index (χ4v) is 3.12. The van der Waals surface area contributed by atoms with Gasteiger partial charge >= 0.3 is 5.91 Å². The number of para-hydroxylation sites is 1. The lowest BCUT2D eigenvalue weighted by Crippen LogP contribution is -2.28. The van der Waals surface area contributed by atoms with Crippen molar-refractivity contribution in [1.29, 1.82) is 0 Å². The average molecular weight is 384 g/mol. The number of hydrogen-bond donors (Lipinski definition) is 1. The summed E-state index contributed by atoms with van der Waals surface area (Å²) in [5, 5.41) is 10.5. The molecule has 0 spiro atoms. The molecule has 4 nitrogen and oxygen atoms in total. The predicted octanol–water partition coefficient (Wildman–Crippen LogP) is 4.92. The van der Waals surface area contributed by atoms with Gasteiger partial charge in [-0.25, -0.2) is 0 Å². The van der Waals surface area contributed by atoms with Gasteiger partial charge < -0.3 is 9.84 Å². The lowest BCUT2D eigenvalue weighted by atomic mass is 10.1.